The van der Waals surface area contributed by atoms with Crippen molar-refractivity contribution in [1.29, 1.82) is 0 Å². The molecule has 0 atom stereocenters. The molecular formula is C20H15F2N5OS. The van der Waals surface area contributed by atoms with Gasteiger partial charge in [0.2, 0.25) is 5.82 Å². The fourth-order valence-electron chi connectivity index (χ4n) is 2.90. The molecule has 4 rings (SSSR count). The van der Waals surface area contributed by atoms with Gasteiger partial charge in [-0.15, -0.1) is 21.5 Å². The zero-order valence-corrected chi connectivity index (χ0v) is 16.3. The van der Waals surface area contributed by atoms with E-state index in [1.165, 1.54) is 10.9 Å². The van der Waals surface area contributed by atoms with Gasteiger partial charge in [0.05, 0.1) is 11.9 Å². The van der Waals surface area contributed by atoms with Gasteiger partial charge in [0.1, 0.15) is 17.2 Å². The summed E-state index contributed by atoms with van der Waals surface area (Å²) < 4.78 is 27.5. The fourth-order valence-corrected chi connectivity index (χ4v) is 3.87. The number of carbonyl (C=O) groups excluding carboxylic acids is 1. The number of carbonyl (C=O) groups is 1. The summed E-state index contributed by atoms with van der Waals surface area (Å²) in [6.45, 7) is 2.00. The lowest BCUT2D eigenvalue weighted by Gasteiger charge is -2.08. The van der Waals surface area contributed by atoms with Crippen LogP contribution in [0.25, 0.3) is 21.8 Å². The molecule has 9 heteroatoms. The first-order valence-corrected chi connectivity index (χ1v) is 9.44. The fraction of sp³-hybridized carbons (Fsp3) is 0.100. The Hall–Kier alpha value is -3.46. The summed E-state index contributed by atoms with van der Waals surface area (Å²) in [7, 11) is 1.71. The maximum atomic E-state index is 13.8. The molecule has 1 N–H and O–H groups in total. The smallest absolute Gasteiger partial charge is 0.261 e. The molecule has 0 aliphatic carbocycles. The van der Waals surface area contributed by atoms with Crippen LogP contribution < -0.4 is 5.32 Å². The monoisotopic (exact) mass is 411 g/mol. The van der Waals surface area contributed by atoms with Gasteiger partial charge in [-0.05, 0) is 53.6 Å². The highest BCUT2D eigenvalue weighted by atomic mass is 32.1. The summed E-state index contributed by atoms with van der Waals surface area (Å²) in [6, 6.07) is 12.3. The SMILES string of the molecule is Cc1sc(-c2nnn(C)n2)cc1-c1ccc(NC(=O)c2c(F)cccc2F)cc1. The summed E-state index contributed by atoms with van der Waals surface area (Å²) in [5, 5.41) is 14.6. The number of thiophene rings is 1. The van der Waals surface area contributed by atoms with Gasteiger partial charge < -0.3 is 5.32 Å². The minimum absolute atomic E-state index is 0.435. The normalized spacial score (nSPS) is 10.9. The number of aromatic nitrogens is 4. The third-order valence-corrected chi connectivity index (χ3v) is 5.34. The summed E-state index contributed by atoms with van der Waals surface area (Å²) in [6.07, 6.45) is 0. The van der Waals surface area contributed by atoms with Crippen molar-refractivity contribution in [2.75, 3.05) is 5.32 Å². The molecule has 0 unspecified atom stereocenters. The average Bonchev–Trinajstić information content (AvgIpc) is 3.28. The molecule has 2 aromatic carbocycles. The molecule has 0 saturated heterocycles. The molecular weight excluding hydrogens is 396 g/mol. The molecule has 0 saturated carbocycles. The van der Waals surface area contributed by atoms with Gasteiger partial charge in [0.25, 0.3) is 5.91 Å². The van der Waals surface area contributed by atoms with Crippen LogP contribution in [0.2, 0.25) is 0 Å². The van der Waals surface area contributed by atoms with Gasteiger partial charge in [0.15, 0.2) is 0 Å². The van der Waals surface area contributed by atoms with Crippen LogP contribution in [0.1, 0.15) is 15.2 Å². The molecule has 0 aliphatic rings. The van der Waals surface area contributed by atoms with Crippen molar-refractivity contribution >= 4 is 22.9 Å². The number of nitrogens with zero attached hydrogens (tertiary/aromatic N) is 4. The van der Waals surface area contributed by atoms with Gasteiger partial charge >= 0.3 is 0 Å². The minimum Gasteiger partial charge on any atom is -0.322 e. The largest absolute Gasteiger partial charge is 0.322 e. The van der Waals surface area contributed by atoms with Gasteiger partial charge in [-0.3, -0.25) is 4.79 Å². The molecule has 146 valence electrons. The Labute approximate surface area is 168 Å². The Balaban J connectivity index is 1.56. The zero-order chi connectivity index (χ0) is 20.5. The predicted octanol–water partition coefficient (Wildman–Crippen LogP) is 4.44. The van der Waals surface area contributed by atoms with E-state index < -0.39 is 23.1 Å². The number of aryl methyl sites for hydroxylation is 2. The quantitative estimate of drug-likeness (QED) is 0.539. The lowest BCUT2D eigenvalue weighted by molar-refractivity contribution is 0.101. The second-order valence-electron chi connectivity index (χ2n) is 6.31. The molecule has 2 aromatic heterocycles. The van der Waals surface area contributed by atoms with Crippen molar-refractivity contribution in [2.24, 2.45) is 7.05 Å². The summed E-state index contributed by atoms with van der Waals surface area (Å²) in [5.74, 6) is -2.09. The van der Waals surface area contributed by atoms with Crippen LogP contribution in [0, 0.1) is 18.6 Å². The second kappa shape index (κ2) is 7.51. The minimum atomic E-state index is -0.904. The number of hydrogen-bond acceptors (Lipinski definition) is 5. The van der Waals surface area contributed by atoms with E-state index >= 15 is 0 Å². The Morgan fingerprint density at radius 3 is 2.41 bits per heavy atom. The van der Waals surface area contributed by atoms with Crippen LogP contribution in [0.4, 0.5) is 14.5 Å². The molecule has 2 heterocycles. The van der Waals surface area contributed by atoms with E-state index in [9.17, 15) is 13.6 Å². The van der Waals surface area contributed by atoms with Crippen LogP contribution in [0.15, 0.2) is 48.5 Å². The third kappa shape index (κ3) is 3.77. The van der Waals surface area contributed by atoms with Crippen LogP contribution in [-0.2, 0) is 7.05 Å². The molecule has 29 heavy (non-hydrogen) atoms. The van der Waals surface area contributed by atoms with Crippen LogP contribution in [0.5, 0.6) is 0 Å². The molecule has 0 fully saturated rings. The summed E-state index contributed by atoms with van der Waals surface area (Å²) in [4.78, 5) is 15.6. The average molecular weight is 411 g/mol. The number of anilines is 1. The maximum Gasteiger partial charge on any atom is 0.261 e. The van der Waals surface area contributed by atoms with Crippen molar-refractivity contribution < 1.29 is 13.6 Å². The third-order valence-electron chi connectivity index (χ3n) is 4.29. The van der Waals surface area contributed by atoms with Gasteiger partial charge in [-0.2, -0.15) is 4.80 Å². The first kappa shape index (κ1) is 18.9. The lowest BCUT2D eigenvalue weighted by atomic mass is 10.1. The molecule has 4 aromatic rings. The molecule has 0 aliphatic heterocycles. The standard InChI is InChI=1S/C20H15F2N5OS/c1-11-14(10-17(29-11)19-24-26-27(2)25-19)12-6-8-13(9-7-12)23-20(28)18-15(21)4-3-5-16(18)22/h3-10H,1-2H3,(H,23,28). The van der Waals surface area contributed by atoms with E-state index in [0.29, 0.717) is 11.5 Å². The predicted molar refractivity (Wildman–Crippen MR) is 107 cm³/mol. The van der Waals surface area contributed by atoms with Crippen molar-refractivity contribution in [1.82, 2.24) is 20.2 Å². The molecule has 6 nitrogen and oxygen atoms in total. The van der Waals surface area contributed by atoms with Crippen molar-refractivity contribution in [3.63, 3.8) is 0 Å². The Bertz CT molecular complexity index is 1180. The Morgan fingerprint density at radius 2 is 1.79 bits per heavy atom. The molecule has 1 amide bonds. The number of halogens is 2. The van der Waals surface area contributed by atoms with E-state index in [1.807, 2.05) is 25.1 Å². The number of tetrazole rings is 1. The zero-order valence-electron chi connectivity index (χ0n) is 15.5. The number of hydrogen-bond donors (Lipinski definition) is 1. The first-order valence-electron chi connectivity index (χ1n) is 8.63. The molecule has 0 radical (unpaired) electrons. The summed E-state index contributed by atoms with van der Waals surface area (Å²) in [5.41, 5.74) is 1.77. The lowest BCUT2D eigenvalue weighted by Crippen LogP contribution is -2.15. The van der Waals surface area contributed by atoms with Crippen molar-refractivity contribution in [3.8, 4) is 21.8 Å². The van der Waals surface area contributed by atoms with Gasteiger partial charge in [-0.25, -0.2) is 8.78 Å². The van der Waals surface area contributed by atoms with E-state index in [0.717, 1.165) is 33.0 Å². The highest BCUT2D eigenvalue weighted by Gasteiger charge is 2.17. The van der Waals surface area contributed by atoms with Crippen molar-refractivity contribution in [3.05, 3.63) is 70.6 Å². The van der Waals surface area contributed by atoms with Crippen molar-refractivity contribution in [2.45, 2.75) is 6.92 Å². The van der Waals surface area contributed by atoms with Crippen LogP contribution in [0.3, 0.4) is 0 Å². The Kier molecular flexibility index (Phi) is 4.89. The van der Waals surface area contributed by atoms with E-state index in [2.05, 4.69) is 20.7 Å². The van der Waals surface area contributed by atoms with Gasteiger partial charge in [0, 0.05) is 10.6 Å². The number of nitrogens with one attached hydrogen (secondary N) is 1. The van der Waals surface area contributed by atoms with Crippen LogP contribution >= 0.6 is 11.3 Å². The highest BCUT2D eigenvalue weighted by Crippen LogP contribution is 2.35. The second-order valence-corrected chi connectivity index (χ2v) is 7.57. The van der Waals surface area contributed by atoms with E-state index in [1.54, 1.807) is 30.5 Å². The maximum absolute atomic E-state index is 13.8. The highest BCUT2D eigenvalue weighted by molar-refractivity contribution is 7.15. The topological polar surface area (TPSA) is 72.7 Å². The van der Waals surface area contributed by atoms with E-state index in [-0.39, 0.29) is 0 Å². The number of rotatable bonds is 4. The van der Waals surface area contributed by atoms with Gasteiger partial charge in [-0.1, -0.05) is 18.2 Å². The molecule has 0 spiro atoms. The Morgan fingerprint density at radius 1 is 1.10 bits per heavy atom. The number of benzene rings is 2. The molecule has 0 bridgehead atoms. The van der Waals surface area contributed by atoms with E-state index in [4.69, 9.17) is 0 Å². The summed E-state index contributed by atoms with van der Waals surface area (Å²) >= 11 is 1.56. The van der Waals surface area contributed by atoms with Crippen LogP contribution in [-0.4, -0.2) is 26.1 Å². The number of amides is 1. The first-order chi connectivity index (χ1) is 13.9.